The van der Waals surface area contributed by atoms with Gasteiger partial charge in [-0.05, 0) is 51.1 Å². The molecular formula is C28H29F5N4O5. The SMILES string of the molecule is COc1ccc(N)c(CCN(Cc2c(F)cccc2Nc2cc(C(F)(F)F)c(F)cc2C(=O)O)C(=O)OC(C)(C)C)n1. The van der Waals surface area contributed by atoms with Crippen LogP contribution in [0.1, 0.15) is 48.0 Å². The van der Waals surface area contributed by atoms with Gasteiger partial charge in [0.05, 0.1) is 41.9 Å². The lowest BCUT2D eigenvalue weighted by atomic mass is 10.1. The zero-order valence-corrected chi connectivity index (χ0v) is 23.1. The monoisotopic (exact) mass is 596 g/mol. The molecule has 42 heavy (non-hydrogen) atoms. The number of hydrogen-bond donors (Lipinski definition) is 3. The van der Waals surface area contributed by atoms with Crippen LogP contribution in [0.5, 0.6) is 5.88 Å². The van der Waals surface area contributed by atoms with E-state index in [-0.39, 0.29) is 42.2 Å². The van der Waals surface area contributed by atoms with Gasteiger partial charge in [0.15, 0.2) is 0 Å². The molecule has 3 aromatic rings. The highest BCUT2D eigenvalue weighted by atomic mass is 19.4. The number of alkyl halides is 3. The number of anilines is 3. The molecule has 0 aliphatic rings. The van der Waals surface area contributed by atoms with Crippen molar-refractivity contribution in [3.8, 4) is 5.88 Å². The molecule has 0 unspecified atom stereocenters. The summed E-state index contributed by atoms with van der Waals surface area (Å²) >= 11 is 0. The lowest BCUT2D eigenvalue weighted by molar-refractivity contribution is -0.139. The number of amides is 1. The molecule has 226 valence electrons. The molecule has 1 aromatic heterocycles. The summed E-state index contributed by atoms with van der Waals surface area (Å²) in [6.45, 7) is 4.34. The maximum absolute atomic E-state index is 15.2. The van der Waals surface area contributed by atoms with Crippen molar-refractivity contribution < 1.29 is 46.1 Å². The van der Waals surface area contributed by atoms with Crippen LogP contribution in [0.2, 0.25) is 0 Å². The maximum atomic E-state index is 15.2. The number of benzene rings is 2. The summed E-state index contributed by atoms with van der Waals surface area (Å²) in [5.41, 5.74) is 2.23. The van der Waals surface area contributed by atoms with E-state index in [1.54, 1.807) is 32.9 Å². The van der Waals surface area contributed by atoms with Crippen molar-refractivity contribution in [2.45, 2.75) is 45.5 Å². The average Bonchev–Trinajstić information content (AvgIpc) is 2.87. The second-order valence-electron chi connectivity index (χ2n) is 10.1. The van der Waals surface area contributed by atoms with Gasteiger partial charge in [0.25, 0.3) is 0 Å². The Bertz CT molecular complexity index is 1470. The van der Waals surface area contributed by atoms with Crippen LogP contribution in [0.3, 0.4) is 0 Å². The molecule has 0 saturated heterocycles. The fourth-order valence-electron chi connectivity index (χ4n) is 3.85. The molecule has 2 aromatic carbocycles. The number of carboxylic acid groups (broad SMARTS) is 1. The Morgan fingerprint density at radius 3 is 2.33 bits per heavy atom. The van der Waals surface area contributed by atoms with E-state index in [0.29, 0.717) is 11.4 Å². The van der Waals surface area contributed by atoms with Gasteiger partial charge >= 0.3 is 18.2 Å². The van der Waals surface area contributed by atoms with E-state index < -0.39 is 58.8 Å². The molecule has 0 aliphatic heterocycles. The minimum atomic E-state index is -5.13. The number of pyridine rings is 1. The maximum Gasteiger partial charge on any atom is 0.419 e. The van der Waals surface area contributed by atoms with E-state index >= 15 is 4.39 Å². The van der Waals surface area contributed by atoms with Crippen molar-refractivity contribution in [3.63, 3.8) is 0 Å². The van der Waals surface area contributed by atoms with Gasteiger partial charge in [-0.2, -0.15) is 13.2 Å². The summed E-state index contributed by atoms with van der Waals surface area (Å²) < 4.78 is 80.1. The Hall–Kier alpha value is -4.62. The highest BCUT2D eigenvalue weighted by Crippen LogP contribution is 2.36. The third kappa shape index (κ3) is 7.98. The number of methoxy groups -OCH3 is 1. The third-order valence-corrected chi connectivity index (χ3v) is 5.84. The number of ether oxygens (including phenoxy) is 2. The van der Waals surface area contributed by atoms with Gasteiger partial charge in [0, 0.05) is 30.3 Å². The van der Waals surface area contributed by atoms with Crippen molar-refractivity contribution >= 4 is 29.1 Å². The molecule has 0 spiro atoms. The number of nitrogen functional groups attached to an aromatic ring is 1. The number of carbonyl (C=O) groups is 2. The van der Waals surface area contributed by atoms with Gasteiger partial charge in [-0.15, -0.1) is 0 Å². The summed E-state index contributed by atoms with van der Waals surface area (Å²) in [4.78, 5) is 30.3. The van der Waals surface area contributed by atoms with Crippen LogP contribution in [-0.2, 0) is 23.9 Å². The molecule has 0 fully saturated rings. The fraction of sp³-hybridized carbons (Fsp3) is 0.321. The molecule has 3 rings (SSSR count). The van der Waals surface area contributed by atoms with Crippen LogP contribution in [0.15, 0.2) is 42.5 Å². The number of aromatic nitrogens is 1. The average molecular weight is 597 g/mol. The summed E-state index contributed by atoms with van der Waals surface area (Å²) in [7, 11) is 1.41. The van der Waals surface area contributed by atoms with Crippen LogP contribution in [-0.4, -0.2) is 46.3 Å². The molecule has 1 heterocycles. The highest BCUT2D eigenvalue weighted by molar-refractivity contribution is 5.95. The summed E-state index contributed by atoms with van der Waals surface area (Å²) in [5.74, 6) is -4.09. The fourth-order valence-corrected chi connectivity index (χ4v) is 3.85. The van der Waals surface area contributed by atoms with Gasteiger partial charge in [-0.25, -0.2) is 23.4 Å². The number of rotatable bonds is 9. The molecule has 0 bridgehead atoms. The van der Waals surface area contributed by atoms with Crippen LogP contribution in [0.4, 0.5) is 43.8 Å². The molecule has 0 atom stereocenters. The lowest BCUT2D eigenvalue weighted by Crippen LogP contribution is -2.38. The first kappa shape index (κ1) is 31.9. The second-order valence-corrected chi connectivity index (χ2v) is 10.1. The highest BCUT2D eigenvalue weighted by Gasteiger charge is 2.36. The summed E-state index contributed by atoms with van der Waals surface area (Å²) in [5, 5.41) is 12.0. The number of nitrogens with zero attached hydrogens (tertiary/aromatic N) is 2. The summed E-state index contributed by atoms with van der Waals surface area (Å²) in [6, 6.07) is 7.19. The molecule has 0 aliphatic carbocycles. The Balaban J connectivity index is 2.03. The normalized spacial score (nSPS) is 11.6. The number of hydrogen-bond acceptors (Lipinski definition) is 7. The number of carbonyl (C=O) groups excluding carboxylic acids is 1. The van der Waals surface area contributed by atoms with Crippen LogP contribution < -0.4 is 15.8 Å². The third-order valence-electron chi connectivity index (χ3n) is 5.84. The summed E-state index contributed by atoms with van der Waals surface area (Å²) in [6.07, 6.45) is -5.88. The Labute approximate surface area is 238 Å². The molecule has 14 heteroatoms. The first-order chi connectivity index (χ1) is 19.5. The number of nitrogens with two attached hydrogens (primary N) is 1. The quantitative estimate of drug-likeness (QED) is 0.243. The van der Waals surface area contributed by atoms with E-state index in [2.05, 4.69) is 10.3 Å². The number of carboxylic acids is 1. The number of aromatic carboxylic acids is 1. The largest absolute Gasteiger partial charge is 0.481 e. The van der Waals surface area contributed by atoms with E-state index in [1.165, 1.54) is 19.2 Å². The molecule has 0 saturated carbocycles. The topological polar surface area (TPSA) is 127 Å². The van der Waals surface area contributed by atoms with Crippen molar-refractivity contribution in [2.75, 3.05) is 24.7 Å². The molecule has 4 N–H and O–H groups in total. The van der Waals surface area contributed by atoms with E-state index in [9.17, 15) is 32.3 Å². The van der Waals surface area contributed by atoms with Gasteiger partial charge in [0.1, 0.15) is 17.2 Å². The smallest absolute Gasteiger partial charge is 0.419 e. The predicted octanol–water partition coefficient (Wildman–Crippen LogP) is 6.39. The zero-order valence-electron chi connectivity index (χ0n) is 23.1. The van der Waals surface area contributed by atoms with Crippen LogP contribution in [0, 0.1) is 11.6 Å². The van der Waals surface area contributed by atoms with Crippen molar-refractivity contribution in [3.05, 3.63) is 76.5 Å². The molecule has 0 radical (unpaired) electrons. The number of halogens is 5. The van der Waals surface area contributed by atoms with E-state index in [4.69, 9.17) is 15.2 Å². The number of nitrogens with one attached hydrogen (secondary N) is 1. The molecule has 9 nitrogen and oxygen atoms in total. The zero-order chi connectivity index (χ0) is 31.4. The first-order valence-corrected chi connectivity index (χ1v) is 12.5. The van der Waals surface area contributed by atoms with Gasteiger partial charge < -0.3 is 30.5 Å². The van der Waals surface area contributed by atoms with Gasteiger partial charge in [0.2, 0.25) is 5.88 Å². The van der Waals surface area contributed by atoms with Gasteiger partial charge in [-0.1, -0.05) is 6.07 Å². The van der Waals surface area contributed by atoms with Crippen LogP contribution >= 0.6 is 0 Å². The standard InChI is InChI=1S/C28H29F5N4O5/c1-27(2,3)42-26(40)37(11-10-22-20(34)8-9-24(36-22)41-4)14-16-18(29)6-5-7-21(16)35-23-13-17(28(31,32)33)19(30)12-15(23)25(38)39/h5-9,12-13,35H,10-11,14,34H2,1-4H3,(H,38,39). The van der Waals surface area contributed by atoms with Crippen molar-refractivity contribution in [1.29, 1.82) is 0 Å². The van der Waals surface area contributed by atoms with E-state index in [0.717, 1.165) is 11.0 Å². The predicted molar refractivity (Wildman–Crippen MR) is 144 cm³/mol. The van der Waals surface area contributed by atoms with Crippen molar-refractivity contribution in [2.24, 2.45) is 0 Å². The Morgan fingerprint density at radius 2 is 1.74 bits per heavy atom. The molecular weight excluding hydrogens is 567 g/mol. The minimum absolute atomic E-state index is 0.0811. The molecule has 1 amide bonds. The first-order valence-electron chi connectivity index (χ1n) is 12.5. The Kier molecular flexibility index (Phi) is 9.49. The lowest BCUT2D eigenvalue weighted by Gasteiger charge is -2.28. The van der Waals surface area contributed by atoms with E-state index in [1.807, 2.05) is 0 Å². The minimum Gasteiger partial charge on any atom is -0.481 e. The van der Waals surface area contributed by atoms with Gasteiger partial charge in [-0.3, -0.25) is 0 Å². The Morgan fingerprint density at radius 1 is 1.05 bits per heavy atom. The second kappa shape index (κ2) is 12.5. The van der Waals surface area contributed by atoms with Crippen molar-refractivity contribution in [1.82, 2.24) is 9.88 Å². The van der Waals surface area contributed by atoms with Crippen LogP contribution in [0.25, 0.3) is 0 Å².